The van der Waals surface area contributed by atoms with Crippen LogP contribution < -0.4 is 5.32 Å². The van der Waals surface area contributed by atoms with E-state index in [9.17, 15) is 0 Å². The van der Waals surface area contributed by atoms with Gasteiger partial charge in [0, 0.05) is 30.5 Å². The van der Waals surface area contributed by atoms with Crippen LogP contribution in [0.2, 0.25) is 0 Å². The lowest BCUT2D eigenvalue weighted by Gasteiger charge is -2.24. The summed E-state index contributed by atoms with van der Waals surface area (Å²) in [6.07, 6.45) is 7.31. The summed E-state index contributed by atoms with van der Waals surface area (Å²) in [5.74, 6) is 1.06. The normalized spacial score (nSPS) is 20.8. The molecule has 0 saturated carbocycles. The summed E-state index contributed by atoms with van der Waals surface area (Å²) in [5.41, 5.74) is 2.58. The standard InChI is InChI=1S/C12H17N3O/c1-2-10-11(3-1)13-8-14-12(10)15-9-4-6-16-7-5-9/h8-9H,1-7H2,(H,13,14,15). The minimum atomic E-state index is 0.522. The third-order valence-corrected chi connectivity index (χ3v) is 3.44. The van der Waals surface area contributed by atoms with E-state index in [2.05, 4.69) is 15.3 Å². The first kappa shape index (κ1) is 10.0. The van der Waals surface area contributed by atoms with Crippen molar-refractivity contribution in [1.82, 2.24) is 9.97 Å². The Kier molecular flexibility index (Phi) is 2.74. The van der Waals surface area contributed by atoms with E-state index < -0.39 is 0 Å². The smallest absolute Gasteiger partial charge is 0.133 e. The van der Waals surface area contributed by atoms with E-state index in [1.165, 1.54) is 17.7 Å². The van der Waals surface area contributed by atoms with Gasteiger partial charge in [-0.1, -0.05) is 0 Å². The highest BCUT2D eigenvalue weighted by Gasteiger charge is 2.20. The molecule has 0 amide bonds. The van der Waals surface area contributed by atoms with Gasteiger partial charge < -0.3 is 10.1 Å². The predicted molar refractivity (Wildman–Crippen MR) is 61.5 cm³/mol. The Morgan fingerprint density at radius 1 is 1.19 bits per heavy atom. The maximum atomic E-state index is 5.36. The van der Waals surface area contributed by atoms with Crippen molar-refractivity contribution in [2.75, 3.05) is 18.5 Å². The molecule has 0 aromatic carbocycles. The molecule has 1 aromatic rings. The number of aromatic nitrogens is 2. The van der Waals surface area contributed by atoms with Crippen molar-refractivity contribution in [3.63, 3.8) is 0 Å². The van der Waals surface area contributed by atoms with E-state index in [-0.39, 0.29) is 0 Å². The first-order chi connectivity index (χ1) is 7.93. The van der Waals surface area contributed by atoms with Gasteiger partial charge in [-0.3, -0.25) is 0 Å². The average molecular weight is 219 g/mol. The average Bonchev–Trinajstić information content (AvgIpc) is 2.80. The van der Waals surface area contributed by atoms with Crippen LogP contribution >= 0.6 is 0 Å². The van der Waals surface area contributed by atoms with Gasteiger partial charge in [0.25, 0.3) is 0 Å². The molecule has 0 atom stereocenters. The molecule has 1 aliphatic heterocycles. The van der Waals surface area contributed by atoms with Crippen LogP contribution in [-0.2, 0) is 17.6 Å². The topological polar surface area (TPSA) is 47.0 Å². The molecule has 3 rings (SSSR count). The number of fused-ring (bicyclic) bond motifs is 1. The number of nitrogens with one attached hydrogen (secondary N) is 1. The molecule has 2 aliphatic rings. The van der Waals surface area contributed by atoms with Crippen molar-refractivity contribution in [2.45, 2.75) is 38.1 Å². The predicted octanol–water partition coefficient (Wildman–Crippen LogP) is 1.56. The molecule has 4 nitrogen and oxygen atoms in total. The lowest BCUT2D eigenvalue weighted by molar-refractivity contribution is 0.0903. The molecular formula is C12H17N3O. The summed E-state index contributed by atoms with van der Waals surface area (Å²) < 4.78 is 5.36. The maximum Gasteiger partial charge on any atom is 0.133 e. The number of hydrogen-bond acceptors (Lipinski definition) is 4. The first-order valence-corrected chi connectivity index (χ1v) is 6.10. The van der Waals surface area contributed by atoms with Crippen molar-refractivity contribution >= 4 is 5.82 Å². The van der Waals surface area contributed by atoms with Crippen molar-refractivity contribution < 1.29 is 4.74 Å². The Labute approximate surface area is 95.4 Å². The fourth-order valence-corrected chi connectivity index (χ4v) is 2.52. The van der Waals surface area contributed by atoms with Crippen LogP contribution in [0.5, 0.6) is 0 Å². The molecule has 0 unspecified atom stereocenters. The second-order valence-corrected chi connectivity index (χ2v) is 4.53. The summed E-state index contributed by atoms with van der Waals surface area (Å²) in [6.45, 7) is 1.73. The van der Waals surface area contributed by atoms with Gasteiger partial charge in [0.05, 0.1) is 0 Å². The molecule has 86 valence electrons. The van der Waals surface area contributed by atoms with Crippen LogP contribution in [-0.4, -0.2) is 29.2 Å². The fourth-order valence-electron chi connectivity index (χ4n) is 2.52. The quantitative estimate of drug-likeness (QED) is 0.820. The third-order valence-electron chi connectivity index (χ3n) is 3.44. The van der Waals surface area contributed by atoms with Crippen LogP contribution in [0.3, 0.4) is 0 Å². The molecule has 16 heavy (non-hydrogen) atoms. The molecule has 1 N–H and O–H groups in total. The molecule has 2 heterocycles. The van der Waals surface area contributed by atoms with Crippen molar-refractivity contribution in [3.8, 4) is 0 Å². The Bertz CT molecular complexity index is 375. The van der Waals surface area contributed by atoms with Crippen molar-refractivity contribution in [2.24, 2.45) is 0 Å². The zero-order chi connectivity index (χ0) is 10.8. The minimum absolute atomic E-state index is 0.522. The number of rotatable bonds is 2. The third kappa shape index (κ3) is 1.89. The molecule has 0 spiro atoms. The van der Waals surface area contributed by atoms with Gasteiger partial charge in [0.2, 0.25) is 0 Å². The van der Waals surface area contributed by atoms with E-state index in [1.807, 2.05) is 0 Å². The monoisotopic (exact) mass is 219 g/mol. The Morgan fingerprint density at radius 3 is 2.94 bits per heavy atom. The summed E-state index contributed by atoms with van der Waals surface area (Å²) in [5, 5.41) is 3.55. The van der Waals surface area contributed by atoms with Gasteiger partial charge in [-0.05, 0) is 32.1 Å². The van der Waals surface area contributed by atoms with Gasteiger partial charge in [0.15, 0.2) is 0 Å². The highest BCUT2D eigenvalue weighted by Crippen LogP contribution is 2.26. The van der Waals surface area contributed by atoms with Gasteiger partial charge in [0.1, 0.15) is 12.1 Å². The minimum Gasteiger partial charge on any atom is -0.381 e. The van der Waals surface area contributed by atoms with Crippen LogP contribution in [0.1, 0.15) is 30.5 Å². The van der Waals surface area contributed by atoms with Crippen LogP contribution in [0, 0.1) is 0 Å². The van der Waals surface area contributed by atoms with E-state index in [0.29, 0.717) is 6.04 Å². The molecule has 0 bridgehead atoms. The van der Waals surface area contributed by atoms with Gasteiger partial charge in [-0.15, -0.1) is 0 Å². The van der Waals surface area contributed by atoms with Crippen LogP contribution in [0.4, 0.5) is 5.82 Å². The number of hydrogen-bond donors (Lipinski definition) is 1. The zero-order valence-electron chi connectivity index (χ0n) is 9.41. The molecule has 1 aliphatic carbocycles. The number of anilines is 1. The lowest BCUT2D eigenvalue weighted by Crippen LogP contribution is -2.28. The van der Waals surface area contributed by atoms with Gasteiger partial charge in [-0.25, -0.2) is 9.97 Å². The second kappa shape index (κ2) is 4.37. The fraction of sp³-hybridized carbons (Fsp3) is 0.667. The molecule has 1 fully saturated rings. The molecule has 0 radical (unpaired) electrons. The number of ether oxygens (including phenoxy) is 1. The van der Waals surface area contributed by atoms with Gasteiger partial charge in [-0.2, -0.15) is 0 Å². The van der Waals surface area contributed by atoms with E-state index in [1.54, 1.807) is 6.33 Å². The van der Waals surface area contributed by atoms with Gasteiger partial charge >= 0.3 is 0 Å². The Hall–Kier alpha value is -1.16. The largest absolute Gasteiger partial charge is 0.381 e. The molecule has 4 heteroatoms. The molecule has 1 aromatic heterocycles. The zero-order valence-corrected chi connectivity index (χ0v) is 9.41. The molecule has 1 saturated heterocycles. The van der Waals surface area contributed by atoms with E-state index in [0.717, 1.165) is 44.7 Å². The Morgan fingerprint density at radius 2 is 2.06 bits per heavy atom. The summed E-state index contributed by atoms with van der Waals surface area (Å²) in [6, 6.07) is 0.522. The summed E-state index contributed by atoms with van der Waals surface area (Å²) >= 11 is 0. The highest BCUT2D eigenvalue weighted by molar-refractivity contribution is 5.48. The van der Waals surface area contributed by atoms with Crippen molar-refractivity contribution in [3.05, 3.63) is 17.6 Å². The first-order valence-electron chi connectivity index (χ1n) is 6.10. The van der Waals surface area contributed by atoms with E-state index in [4.69, 9.17) is 4.74 Å². The maximum absolute atomic E-state index is 5.36. The van der Waals surface area contributed by atoms with Crippen molar-refractivity contribution in [1.29, 1.82) is 0 Å². The molecular weight excluding hydrogens is 202 g/mol. The van der Waals surface area contributed by atoms with E-state index >= 15 is 0 Å². The summed E-state index contributed by atoms with van der Waals surface area (Å²) in [7, 11) is 0. The SMILES string of the molecule is c1nc2c(c(NC3CCOCC3)n1)CCC2. The second-order valence-electron chi connectivity index (χ2n) is 4.53. The van der Waals surface area contributed by atoms with Crippen LogP contribution in [0.15, 0.2) is 6.33 Å². The number of aryl methyl sites for hydroxylation is 1. The highest BCUT2D eigenvalue weighted by atomic mass is 16.5. The van der Waals surface area contributed by atoms with Crippen LogP contribution in [0.25, 0.3) is 0 Å². The summed E-state index contributed by atoms with van der Waals surface area (Å²) in [4.78, 5) is 8.72. The Balaban J connectivity index is 1.76. The lowest BCUT2D eigenvalue weighted by atomic mass is 10.1. The number of nitrogens with zero attached hydrogens (tertiary/aromatic N) is 2.